The van der Waals surface area contributed by atoms with Crippen LogP contribution in [0, 0.1) is 17.3 Å². The molecule has 1 aliphatic heterocycles. The first-order valence-electron chi connectivity index (χ1n) is 8.92. The first-order chi connectivity index (χ1) is 10.3. The number of piperidine rings is 1. The lowest BCUT2D eigenvalue weighted by atomic mass is 9.69. The zero-order valence-electron chi connectivity index (χ0n) is 15.3. The average Bonchev–Trinajstić information content (AvgIpc) is 2.54. The van der Waals surface area contributed by atoms with Gasteiger partial charge >= 0.3 is 0 Å². The topological polar surface area (TPSA) is 29.0 Å². The Balaban J connectivity index is 1.94. The largest absolute Gasteiger partial charge is 0.341 e. The minimum absolute atomic E-state index is 0.447. The van der Waals surface area contributed by atoms with Crippen LogP contribution in [-0.4, -0.2) is 23.1 Å². The van der Waals surface area contributed by atoms with Crippen LogP contribution in [-0.2, 0) is 0 Å². The van der Waals surface area contributed by atoms with E-state index in [1.165, 1.54) is 24.8 Å². The minimum atomic E-state index is 0.447. The maximum absolute atomic E-state index is 4.57. The lowest BCUT2D eigenvalue weighted by Crippen LogP contribution is -2.39. The van der Waals surface area contributed by atoms with E-state index in [0.29, 0.717) is 11.3 Å². The molecule has 0 spiro atoms. The van der Waals surface area contributed by atoms with E-state index >= 15 is 0 Å². The lowest BCUT2D eigenvalue weighted by molar-refractivity contribution is 0.130. The minimum Gasteiger partial charge on any atom is -0.341 e. The van der Waals surface area contributed by atoms with Crippen LogP contribution in [0.25, 0.3) is 0 Å². The van der Waals surface area contributed by atoms with Gasteiger partial charge in [-0.15, -0.1) is 0 Å². The fourth-order valence-corrected chi connectivity index (χ4v) is 3.35. The Bertz CT molecular complexity index is 456. The van der Waals surface area contributed by atoms with Gasteiger partial charge in [-0.1, -0.05) is 48.0 Å². The maximum atomic E-state index is 4.57. The van der Waals surface area contributed by atoms with Crippen LogP contribution >= 0.6 is 0 Å². The molecule has 0 amide bonds. The van der Waals surface area contributed by atoms with Crippen LogP contribution in [0.4, 0.5) is 5.95 Å². The monoisotopic (exact) mass is 303 g/mol. The second-order valence-corrected chi connectivity index (χ2v) is 7.93. The van der Waals surface area contributed by atoms with E-state index in [1.807, 2.05) is 12.4 Å². The van der Waals surface area contributed by atoms with E-state index in [1.54, 1.807) is 0 Å². The quantitative estimate of drug-likeness (QED) is 0.775. The van der Waals surface area contributed by atoms with Crippen LogP contribution in [0.1, 0.15) is 72.3 Å². The van der Waals surface area contributed by atoms with Gasteiger partial charge in [-0.05, 0) is 41.6 Å². The van der Waals surface area contributed by atoms with E-state index in [9.17, 15) is 0 Å². The normalized spacial score (nSPS) is 18.8. The highest BCUT2D eigenvalue weighted by molar-refractivity contribution is 5.31. The number of hydrogen-bond acceptors (Lipinski definition) is 3. The molecular weight excluding hydrogens is 270 g/mol. The van der Waals surface area contributed by atoms with Gasteiger partial charge in [0.25, 0.3) is 0 Å². The number of nitrogens with zero attached hydrogens (tertiary/aromatic N) is 3. The molecule has 1 fully saturated rings. The van der Waals surface area contributed by atoms with Crippen LogP contribution < -0.4 is 4.90 Å². The van der Waals surface area contributed by atoms with Gasteiger partial charge in [-0.25, -0.2) is 9.97 Å². The van der Waals surface area contributed by atoms with Crippen molar-refractivity contribution in [2.24, 2.45) is 17.3 Å². The van der Waals surface area contributed by atoms with Crippen molar-refractivity contribution in [1.29, 1.82) is 0 Å². The third-order valence-corrected chi connectivity index (χ3v) is 6.00. The summed E-state index contributed by atoms with van der Waals surface area (Å²) in [5.41, 5.74) is 1.67. The standard InChI is InChI=1S/C19H33N3/c1-7-19(5,6)15(4)16-8-10-22(11-9-16)18-20-12-17(13-21-18)14(2)3/h12-16H,7-11H2,1-6H3. The average molecular weight is 303 g/mol. The Kier molecular flexibility index (Phi) is 5.46. The van der Waals surface area contributed by atoms with Gasteiger partial charge in [0, 0.05) is 25.5 Å². The first kappa shape index (κ1) is 17.2. The summed E-state index contributed by atoms with van der Waals surface area (Å²) >= 11 is 0. The Morgan fingerprint density at radius 2 is 1.68 bits per heavy atom. The molecule has 0 aliphatic carbocycles. The van der Waals surface area contributed by atoms with Crippen LogP contribution in [0.2, 0.25) is 0 Å². The van der Waals surface area contributed by atoms with Crippen molar-refractivity contribution in [1.82, 2.24) is 9.97 Å². The number of aromatic nitrogens is 2. The summed E-state index contributed by atoms with van der Waals surface area (Å²) in [5.74, 6) is 3.02. The molecular formula is C19H33N3. The van der Waals surface area contributed by atoms with Crippen molar-refractivity contribution >= 4 is 5.95 Å². The van der Waals surface area contributed by atoms with Gasteiger partial charge in [0.2, 0.25) is 5.95 Å². The molecule has 2 heterocycles. The summed E-state index contributed by atoms with van der Waals surface area (Å²) in [4.78, 5) is 11.5. The predicted molar refractivity (Wildman–Crippen MR) is 94.3 cm³/mol. The van der Waals surface area contributed by atoms with Crippen LogP contribution in [0.3, 0.4) is 0 Å². The summed E-state index contributed by atoms with van der Waals surface area (Å²) in [6, 6.07) is 0. The predicted octanol–water partition coefficient (Wildman–Crippen LogP) is 4.89. The molecule has 1 aliphatic rings. The van der Waals surface area contributed by atoms with Gasteiger partial charge in [-0.2, -0.15) is 0 Å². The Labute approximate surface area is 136 Å². The molecule has 1 atom stereocenters. The highest BCUT2D eigenvalue weighted by atomic mass is 15.2. The van der Waals surface area contributed by atoms with Gasteiger partial charge in [0.15, 0.2) is 0 Å². The summed E-state index contributed by atoms with van der Waals surface area (Å²) in [6.45, 7) is 16.1. The second-order valence-electron chi connectivity index (χ2n) is 7.93. The molecule has 0 saturated carbocycles. The van der Waals surface area contributed by atoms with Crippen molar-refractivity contribution < 1.29 is 0 Å². The Morgan fingerprint density at radius 3 is 2.14 bits per heavy atom. The molecule has 1 unspecified atom stereocenters. The third-order valence-electron chi connectivity index (χ3n) is 6.00. The van der Waals surface area contributed by atoms with E-state index in [2.05, 4.69) is 56.4 Å². The fraction of sp³-hybridized carbons (Fsp3) is 0.789. The number of hydrogen-bond donors (Lipinski definition) is 0. The number of anilines is 1. The van der Waals surface area contributed by atoms with Crippen molar-refractivity contribution in [2.45, 2.75) is 66.7 Å². The highest BCUT2D eigenvalue weighted by Gasteiger charge is 2.33. The molecule has 2 rings (SSSR count). The third kappa shape index (κ3) is 3.80. The molecule has 1 saturated heterocycles. The van der Waals surface area contributed by atoms with E-state index in [-0.39, 0.29) is 0 Å². The SMILES string of the molecule is CCC(C)(C)C(C)C1CCN(c2ncc(C(C)C)cn2)CC1. The van der Waals surface area contributed by atoms with Gasteiger partial charge in [0.05, 0.1) is 0 Å². The van der Waals surface area contributed by atoms with Crippen molar-refractivity contribution in [2.75, 3.05) is 18.0 Å². The molecule has 0 radical (unpaired) electrons. The van der Waals surface area contributed by atoms with Crippen molar-refractivity contribution in [3.63, 3.8) is 0 Å². The van der Waals surface area contributed by atoms with Crippen LogP contribution in [0.5, 0.6) is 0 Å². The molecule has 3 heteroatoms. The molecule has 0 aromatic carbocycles. The Morgan fingerprint density at radius 1 is 1.14 bits per heavy atom. The summed E-state index contributed by atoms with van der Waals surface area (Å²) in [7, 11) is 0. The van der Waals surface area contributed by atoms with E-state index < -0.39 is 0 Å². The Hall–Kier alpha value is -1.12. The molecule has 0 bridgehead atoms. The van der Waals surface area contributed by atoms with Gasteiger partial charge in [0.1, 0.15) is 0 Å². The highest BCUT2D eigenvalue weighted by Crippen LogP contribution is 2.39. The molecule has 1 aromatic heterocycles. The lowest BCUT2D eigenvalue weighted by Gasteiger charge is -2.41. The zero-order valence-corrected chi connectivity index (χ0v) is 15.3. The van der Waals surface area contributed by atoms with Crippen LogP contribution in [0.15, 0.2) is 12.4 Å². The molecule has 1 aromatic rings. The van der Waals surface area contributed by atoms with Gasteiger partial charge < -0.3 is 4.90 Å². The first-order valence-corrected chi connectivity index (χ1v) is 8.92. The van der Waals surface area contributed by atoms with E-state index in [0.717, 1.165) is 30.9 Å². The molecule has 124 valence electrons. The second kappa shape index (κ2) is 6.97. The van der Waals surface area contributed by atoms with Crippen molar-refractivity contribution in [3.05, 3.63) is 18.0 Å². The zero-order chi connectivity index (χ0) is 16.3. The fourth-order valence-electron chi connectivity index (χ4n) is 3.35. The molecule has 22 heavy (non-hydrogen) atoms. The summed E-state index contributed by atoms with van der Waals surface area (Å²) < 4.78 is 0. The van der Waals surface area contributed by atoms with Gasteiger partial charge in [-0.3, -0.25) is 0 Å². The van der Waals surface area contributed by atoms with Crippen molar-refractivity contribution in [3.8, 4) is 0 Å². The number of rotatable bonds is 5. The summed E-state index contributed by atoms with van der Waals surface area (Å²) in [5, 5.41) is 0. The molecule has 3 nitrogen and oxygen atoms in total. The van der Waals surface area contributed by atoms with E-state index in [4.69, 9.17) is 0 Å². The molecule has 0 N–H and O–H groups in total. The maximum Gasteiger partial charge on any atom is 0.225 e. The summed E-state index contributed by atoms with van der Waals surface area (Å²) in [6.07, 6.45) is 7.76. The smallest absolute Gasteiger partial charge is 0.225 e.